The second-order valence-electron chi connectivity index (χ2n) is 7.07. The van der Waals surface area contributed by atoms with Gasteiger partial charge in [-0.15, -0.1) is 0 Å². The minimum atomic E-state index is -3.78. The van der Waals surface area contributed by atoms with Crippen LogP contribution in [0.5, 0.6) is 0 Å². The summed E-state index contributed by atoms with van der Waals surface area (Å²) in [5, 5.41) is 2.62. The summed E-state index contributed by atoms with van der Waals surface area (Å²) in [5.74, 6) is -2.65. The molecular formula is C21H22N2O6S. The van der Waals surface area contributed by atoms with Crippen LogP contribution in [-0.4, -0.2) is 45.1 Å². The third-order valence-corrected chi connectivity index (χ3v) is 6.65. The molecule has 0 aromatic heterocycles. The van der Waals surface area contributed by atoms with Gasteiger partial charge in [0.2, 0.25) is 15.9 Å². The molecule has 1 saturated heterocycles. The van der Waals surface area contributed by atoms with E-state index >= 15 is 0 Å². The van der Waals surface area contributed by atoms with E-state index in [-0.39, 0.29) is 23.4 Å². The molecule has 9 heteroatoms. The number of methoxy groups -OCH3 is 1. The molecule has 0 saturated carbocycles. The number of anilines is 1. The Morgan fingerprint density at radius 1 is 1.17 bits per heavy atom. The minimum absolute atomic E-state index is 0.0923. The molecule has 2 atom stereocenters. The smallest absolute Gasteiger partial charge is 0.328 e. The molecule has 1 aliphatic rings. The molecule has 1 N–H and O–H groups in total. The lowest BCUT2D eigenvalue weighted by Crippen LogP contribution is -2.43. The van der Waals surface area contributed by atoms with E-state index in [0.29, 0.717) is 0 Å². The van der Waals surface area contributed by atoms with Crippen molar-refractivity contribution in [3.05, 3.63) is 65.7 Å². The van der Waals surface area contributed by atoms with Gasteiger partial charge in [0.1, 0.15) is 6.04 Å². The number of hydrogen-bond acceptors (Lipinski definition) is 6. The maximum atomic E-state index is 12.8. The van der Waals surface area contributed by atoms with Gasteiger partial charge >= 0.3 is 5.97 Å². The van der Waals surface area contributed by atoms with E-state index in [1.54, 1.807) is 6.92 Å². The molecule has 1 unspecified atom stereocenters. The summed E-state index contributed by atoms with van der Waals surface area (Å²) in [4.78, 5) is 37.2. The first-order valence-electron chi connectivity index (χ1n) is 9.32. The van der Waals surface area contributed by atoms with Gasteiger partial charge in [-0.2, -0.15) is 0 Å². The van der Waals surface area contributed by atoms with Crippen LogP contribution in [0.15, 0.2) is 54.6 Å². The van der Waals surface area contributed by atoms with Gasteiger partial charge in [-0.05, 0) is 23.8 Å². The number of ether oxygens (including phenoxy) is 1. The van der Waals surface area contributed by atoms with E-state index in [0.717, 1.165) is 9.87 Å². The molecule has 8 nitrogen and oxygen atoms in total. The van der Waals surface area contributed by atoms with E-state index in [1.165, 1.54) is 31.4 Å². The van der Waals surface area contributed by atoms with Crippen LogP contribution in [0.25, 0.3) is 0 Å². The van der Waals surface area contributed by atoms with Gasteiger partial charge < -0.3 is 10.1 Å². The summed E-state index contributed by atoms with van der Waals surface area (Å²) in [6.45, 7) is 1.54. The zero-order valence-corrected chi connectivity index (χ0v) is 17.4. The molecule has 1 aliphatic heterocycles. The first kappa shape index (κ1) is 21.5. The highest BCUT2D eigenvalue weighted by Gasteiger charge is 2.42. The molecule has 1 heterocycles. The van der Waals surface area contributed by atoms with Gasteiger partial charge in [-0.1, -0.05) is 43.3 Å². The van der Waals surface area contributed by atoms with Crippen LogP contribution >= 0.6 is 0 Å². The standard InChI is InChI=1S/C21H22N2O6S/c1-14-13-30(27,28)23(20(14)25)17-10-6-9-16(12-17)19(24)22-18(21(26)29-2)11-15-7-4-3-5-8-15/h3-10,12,14,18H,11,13H2,1-2H3,(H,22,24)/t14?,18-/m0/s1. The Morgan fingerprint density at radius 3 is 2.47 bits per heavy atom. The van der Waals surface area contributed by atoms with Gasteiger partial charge in [0.25, 0.3) is 5.91 Å². The highest BCUT2D eigenvalue weighted by Crippen LogP contribution is 2.28. The molecule has 2 aromatic rings. The maximum Gasteiger partial charge on any atom is 0.328 e. The number of hydrogen-bond donors (Lipinski definition) is 1. The lowest BCUT2D eigenvalue weighted by molar-refractivity contribution is -0.142. The summed E-state index contributed by atoms with van der Waals surface area (Å²) < 4.78 is 30.2. The molecule has 30 heavy (non-hydrogen) atoms. The van der Waals surface area contributed by atoms with E-state index < -0.39 is 39.8 Å². The van der Waals surface area contributed by atoms with Crippen molar-refractivity contribution in [2.75, 3.05) is 17.2 Å². The molecule has 2 aromatic carbocycles. The maximum absolute atomic E-state index is 12.8. The number of nitrogens with one attached hydrogen (secondary N) is 1. The van der Waals surface area contributed by atoms with Crippen LogP contribution in [-0.2, 0) is 30.8 Å². The van der Waals surface area contributed by atoms with Crippen LogP contribution in [0.4, 0.5) is 5.69 Å². The monoisotopic (exact) mass is 430 g/mol. The van der Waals surface area contributed by atoms with E-state index in [2.05, 4.69) is 5.32 Å². The van der Waals surface area contributed by atoms with Crippen LogP contribution in [0, 0.1) is 5.92 Å². The molecule has 0 spiro atoms. The summed E-state index contributed by atoms with van der Waals surface area (Å²) in [6.07, 6.45) is 0.232. The first-order chi connectivity index (χ1) is 14.2. The third kappa shape index (κ3) is 4.51. The predicted molar refractivity (Wildman–Crippen MR) is 110 cm³/mol. The van der Waals surface area contributed by atoms with Crippen molar-refractivity contribution >= 4 is 33.5 Å². The van der Waals surface area contributed by atoms with Crippen LogP contribution in [0.1, 0.15) is 22.8 Å². The molecular weight excluding hydrogens is 408 g/mol. The molecule has 1 fully saturated rings. The fraction of sp³-hybridized carbons (Fsp3) is 0.286. The fourth-order valence-corrected chi connectivity index (χ4v) is 5.10. The second-order valence-corrected chi connectivity index (χ2v) is 8.93. The van der Waals surface area contributed by atoms with Gasteiger partial charge in [0.15, 0.2) is 0 Å². The Balaban J connectivity index is 1.83. The quantitative estimate of drug-likeness (QED) is 0.696. The molecule has 2 amide bonds. The number of carbonyl (C=O) groups excluding carboxylic acids is 3. The van der Waals surface area contributed by atoms with Crippen LogP contribution < -0.4 is 9.62 Å². The SMILES string of the molecule is COC(=O)[C@H](Cc1ccccc1)NC(=O)c1cccc(N2C(=O)C(C)CS2(=O)=O)c1. The van der Waals surface area contributed by atoms with Gasteiger partial charge in [-0.25, -0.2) is 17.5 Å². The largest absolute Gasteiger partial charge is 0.467 e. The van der Waals surface area contributed by atoms with Crippen LogP contribution in [0.2, 0.25) is 0 Å². The number of amides is 2. The Kier molecular flexibility index (Phi) is 6.21. The third-order valence-electron chi connectivity index (χ3n) is 4.78. The molecule has 0 radical (unpaired) electrons. The lowest BCUT2D eigenvalue weighted by atomic mass is 10.1. The average molecular weight is 430 g/mol. The number of carbonyl (C=O) groups is 3. The van der Waals surface area contributed by atoms with Crippen LogP contribution in [0.3, 0.4) is 0 Å². The highest BCUT2D eigenvalue weighted by molar-refractivity contribution is 7.94. The highest BCUT2D eigenvalue weighted by atomic mass is 32.2. The number of benzene rings is 2. The zero-order valence-electron chi connectivity index (χ0n) is 16.6. The summed E-state index contributed by atoms with van der Waals surface area (Å²) >= 11 is 0. The normalized spacial score (nSPS) is 18.7. The molecule has 0 aliphatic carbocycles. The topological polar surface area (TPSA) is 110 Å². The first-order valence-corrected chi connectivity index (χ1v) is 10.9. The Labute approximate surface area is 174 Å². The van der Waals surface area contributed by atoms with E-state index in [4.69, 9.17) is 4.74 Å². The van der Waals surface area contributed by atoms with E-state index in [9.17, 15) is 22.8 Å². The summed E-state index contributed by atoms with van der Waals surface area (Å²) in [6, 6.07) is 14.0. The average Bonchev–Trinajstić information content (AvgIpc) is 2.94. The summed E-state index contributed by atoms with van der Waals surface area (Å²) in [5.41, 5.74) is 1.05. The number of nitrogens with zero attached hydrogens (tertiary/aromatic N) is 1. The van der Waals surface area contributed by atoms with E-state index in [1.807, 2.05) is 30.3 Å². The van der Waals surface area contributed by atoms with Crippen molar-refractivity contribution in [3.63, 3.8) is 0 Å². The molecule has 158 valence electrons. The fourth-order valence-electron chi connectivity index (χ4n) is 3.29. The lowest BCUT2D eigenvalue weighted by Gasteiger charge is -2.18. The Bertz CT molecular complexity index is 1070. The predicted octanol–water partition coefficient (Wildman–Crippen LogP) is 1.51. The Morgan fingerprint density at radius 2 is 1.87 bits per heavy atom. The van der Waals surface area contributed by atoms with Crippen molar-refractivity contribution < 1.29 is 27.5 Å². The second kappa shape index (κ2) is 8.66. The van der Waals surface area contributed by atoms with Gasteiger partial charge in [0.05, 0.1) is 24.5 Å². The zero-order chi connectivity index (χ0) is 21.9. The van der Waals surface area contributed by atoms with Gasteiger partial charge in [0, 0.05) is 12.0 Å². The van der Waals surface area contributed by atoms with Crippen molar-refractivity contribution in [2.24, 2.45) is 5.92 Å². The molecule has 0 bridgehead atoms. The van der Waals surface area contributed by atoms with Crippen molar-refractivity contribution in [1.82, 2.24) is 5.32 Å². The van der Waals surface area contributed by atoms with Crippen molar-refractivity contribution in [2.45, 2.75) is 19.4 Å². The Hall–Kier alpha value is -3.20. The number of rotatable bonds is 6. The summed E-state index contributed by atoms with van der Waals surface area (Å²) in [7, 11) is -2.55. The van der Waals surface area contributed by atoms with Crippen molar-refractivity contribution in [3.8, 4) is 0 Å². The minimum Gasteiger partial charge on any atom is -0.467 e. The van der Waals surface area contributed by atoms with Gasteiger partial charge in [-0.3, -0.25) is 9.59 Å². The molecule has 3 rings (SSSR count). The van der Waals surface area contributed by atoms with Crippen molar-refractivity contribution in [1.29, 1.82) is 0 Å². The number of esters is 1. The number of sulfonamides is 1.